The molecule has 5 aliphatic rings. The standard InChI is InChI=1S/C44H50ClF3N6O8S/c1-61-35-15-14-31-36(23-33(50-39(31)38(35)45)32-11-7-8-18-49-32)62-29-22-34-40(56)51-43(42(58)52-63(59,60)30-12-13-30)24-28(43)10-6-4-2-3-5-9-26(41(57)54(34)25-29)21-37(55)53-19-16-27(17-20-53)44(46,47)48/h6-8,10-11,14-15,18,23,26-30,34H,2-5,9,12-13,16-17,19-22,24-25H2,1H3,(H,51,56)(H,52,58)/b10-6-/t26-,28-,29-,34+,43-/m1/s1. The van der Waals surface area contributed by atoms with Crippen molar-refractivity contribution in [3.63, 3.8) is 0 Å². The van der Waals surface area contributed by atoms with E-state index in [-0.39, 0.29) is 56.8 Å². The van der Waals surface area contributed by atoms with Crippen LogP contribution in [0.3, 0.4) is 0 Å². The Balaban J connectivity index is 1.12. The summed E-state index contributed by atoms with van der Waals surface area (Å²) < 4.78 is 80.7. The first-order valence-corrected chi connectivity index (χ1v) is 23.5. The van der Waals surface area contributed by atoms with E-state index in [0.29, 0.717) is 72.3 Å². The molecule has 2 saturated carbocycles. The van der Waals surface area contributed by atoms with Crippen molar-refractivity contribution in [3.8, 4) is 22.9 Å². The zero-order valence-corrected chi connectivity index (χ0v) is 36.3. The van der Waals surface area contributed by atoms with Crippen LogP contribution in [-0.2, 0) is 29.2 Å². The minimum atomic E-state index is -4.36. The summed E-state index contributed by atoms with van der Waals surface area (Å²) >= 11 is 6.79. The number of hydrogen-bond acceptors (Lipinski definition) is 10. The summed E-state index contributed by atoms with van der Waals surface area (Å²) in [5.41, 5.74) is -0.284. The van der Waals surface area contributed by atoms with Gasteiger partial charge in [-0.25, -0.2) is 13.4 Å². The van der Waals surface area contributed by atoms with Crippen LogP contribution in [0.5, 0.6) is 11.5 Å². The molecule has 5 atom stereocenters. The monoisotopic (exact) mass is 914 g/mol. The first-order valence-electron chi connectivity index (χ1n) is 21.5. The maximum atomic E-state index is 14.9. The van der Waals surface area contributed by atoms with Gasteiger partial charge in [0.05, 0.1) is 41.7 Å². The molecule has 0 radical (unpaired) electrons. The molecule has 19 heteroatoms. The van der Waals surface area contributed by atoms with E-state index in [1.807, 2.05) is 12.2 Å². The van der Waals surface area contributed by atoms with Gasteiger partial charge in [0, 0.05) is 55.4 Å². The second kappa shape index (κ2) is 17.9. The molecule has 0 unspecified atom stereocenters. The number of ether oxygens (including phenoxy) is 2. The lowest BCUT2D eigenvalue weighted by atomic mass is 9.92. The molecule has 338 valence electrons. The van der Waals surface area contributed by atoms with Crippen LogP contribution in [0.2, 0.25) is 5.02 Å². The van der Waals surface area contributed by atoms with E-state index in [4.69, 9.17) is 26.1 Å². The van der Waals surface area contributed by atoms with E-state index in [1.54, 1.807) is 42.6 Å². The maximum absolute atomic E-state index is 14.9. The normalized spacial score (nSPS) is 26.7. The number of benzene rings is 1. The number of piperidine rings is 1. The number of likely N-dealkylation sites (tertiary alicyclic amines) is 1. The largest absolute Gasteiger partial charge is 0.495 e. The van der Waals surface area contributed by atoms with E-state index in [9.17, 15) is 40.8 Å². The fraction of sp³-hybridized carbons (Fsp3) is 0.545. The number of allylic oxidation sites excluding steroid dienone is 1. The Morgan fingerprint density at radius 1 is 1.02 bits per heavy atom. The predicted molar refractivity (Wildman–Crippen MR) is 226 cm³/mol. The zero-order valence-electron chi connectivity index (χ0n) is 34.7. The molecule has 2 aromatic heterocycles. The minimum Gasteiger partial charge on any atom is -0.495 e. The number of halogens is 4. The molecule has 1 aromatic carbocycles. The first kappa shape index (κ1) is 44.6. The molecule has 3 aliphatic heterocycles. The Labute approximate surface area is 368 Å². The predicted octanol–water partition coefficient (Wildman–Crippen LogP) is 6.12. The highest BCUT2D eigenvalue weighted by atomic mass is 35.5. The van der Waals surface area contributed by atoms with Crippen molar-refractivity contribution in [1.29, 1.82) is 0 Å². The molecular weight excluding hydrogens is 865 g/mol. The van der Waals surface area contributed by atoms with Crippen molar-refractivity contribution >= 4 is 56.2 Å². The van der Waals surface area contributed by atoms with E-state index < -0.39 is 80.5 Å². The third-order valence-corrected chi connectivity index (χ3v) is 15.2. The number of nitrogens with zero attached hydrogens (tertiary/aromatic N) is 4. The Kier molecular flexibility index (Phi) is 12.7. The number of sulfonamides is 1. The van der Waals surface area contributed by atoms with Crippen LogP contribution in [0.15, 0.2) is 54.7 Å². The van der Waals surface area contributed by atoms with Crippen LogP contribution in [0.4, 0.5) is 13.2 Å². The lowest BCUT2D eigenvalue weighted by Gasteiger charge is -2.34. The van der Waals surface area contributed by atoms with Crippen LogP contribution < -0.4 is 19.5 Å². The van der Waals surface area contributed by atoms with Gasteiger partial charge in [-0.15, -0.1) is 0 Å². The Hall–Kier alpha value is -4.97. The quantitative estimate of drug-likeness (QED) is 0.238. The SMILES string of the molecule is COc1ccc2c(O[C@@H]3C[C@H]4C(=O)N[C@]5(C(=O)NS(=O)(=O)C6CC6)C[C@H]5/C=C\CCCCC[C@H](CC(=O)N5CCC(C(F)(F)F)CC5)C(=O)N4C3)cc(-c3ccccn3)nc2c1Cl. The molecule has 3 aromatic rings. The van der Waals surface area contributed by atoms with E-state index in [2.05, 4.69) is 15.0 Å². The van der Waals surface area contributed by atoms with Crippen molar-refractivity contribution in [2.45, 2.75) is 106 Å². The van der Waals surface area contributed by atoms with Gasteiger partial charge in [-0.3, -0.25) is 28.9 Å². The van der Waals surface area contributed by atoms with Gasteiger partial charge >= 0.3 is 6.18 Å². The topological polar surface area (TPSA) is 177 Å². The highest BCUT2D eigenvalue weighted by molar-refractivity contribution is 7.91. The summed E-state index contributed by atoms with van der Waals surface area (Å²) in [5.74, 6) is -4.70. The minimum absolute atomic E-state index is 0.0472. The number of carbonyl (C=O) groups is 4. The number of carbonyl (C=O) groups excluding carboxylic acids is 4. The van der Waals surface area contributed by atoms with Gasteiger partial charge in [0.15, 0.2) is 0 Å². The van der Waals surface area contributed by atoms with Crippen LogP contribution in [0.25, 0.3) is 22.3 Å². The summed E-state index contributed by atoms with van der Waals surface area (Å²) in [6.07, 6.45) is 3.32. The smallest absolute Gasteiger partial charge is 0.391 e. The van der Waals surface area contributed by atoms with Crippen molar-refractivity contribution in [1.82, 2.24) is 29.8 Å². The third-order valence-electron chi connectivity index (χ3n) is 13.0. The number of rotatable bonds is 9. The molecule has 5 heterocycles. The van der Waals surface area contributed by atoms with Gasteiger partial charge in [-0.05, 0) is 75.6 Å². The van der Waals surface area contributed by atoms with Gasteiger partial charge in [0.25, 0.3) is 5.91 Å². The molecule has 0 bridgehead atoms. The van der Waals surface area contributed by atoms with Crippen LogP contribution in [-0.4, -0.2) is 108 Å². The fourth-order valence-corrected chi connectivity index (χ4v) is 10.7. The Morgan fingerprint density at radius 2 is 1.79 bits per heavy atom. The van der Waals surface area contributed by atoms with Crippen LogP contribution in [0, 0.1) is 17.8 Å². The first-order chi connectivity index (χ1) is 30.1. The second-order valence-electron chi connectivity index (χ2n) is 17.3. The molecule has 0 spiro atoms. The molecule has 2 saturated heterocycles. The lowest BCUT2D eigenvalue weighted by Crippen LogP contribution is -2.57. The summed E-state index contributed by atoms with van der Waals surface area (Å²) in [6, 6.07) is 9.20. The Morgan fingerprint density at radius 3 is 2.49 bits per heavy atom. The molecule has 14 nitrogen and oxygen atoms in total. The number of amides is 4. The highest BCUT2D eigenvalue weighted by Crippen LogP contribution is 2.47. The third kappa shape index (κ3) is 9.61. The van der Waals surface area contributed by atoms with Crippen molar-refractivity contribution in [3.05, 3.63) is 59.8 Å². The van der Waals surface area contributed by atoms with Gasteiger partial charge < -0.3 is 24.6 Å². The number of methoxy groups -OCH3 is 1. The molecule has 2 aliphatic carbocycles. The molecule has 8 rings (SSSR count). The van der Waals surface area contributed by atoms with Crippen molar-refractivity contribution < 1.29 is 50.2 Å². The number of hydrogen-bond donors (Lipinski definition) is 2. The van der Waals surface area contributed by atoms with Gasteiger partial charge in [0.1, 0.15) is 34.2 Å². The maximum Gasteiger partial charge on any atom is 0.391 e. The lowest BCUT2D eigenvalue weighted by molar-refractivity contribution is -0.186. The molecule has 4 fully saturated rings. The van der Waals surface area contributed by atoms with E-state index in [1.165, 1.54) is 16.9 Å². The van der Waals surface area contributed by atoms with Gasteiger partial charge in [-0.1, -0.05) is 42.7 Å². The van der Waals surface area contributed by atoms with Crippen molar-refractivity contribution in [2.75, 3.05) is 26.7 Å². The van der Waals surface area contributed by atoms with Crippen LogP contribution in [0.1, 0.15) is 77.0 Å². The second-order valence-corrected chi connectivity index (χ2v) is 19.6. The summed E-state index contributed by atoms with van der Waals surface area (Å²) in [4.78, 5) is 69.2. The molecule has 4 amide bonds. The molecule has 63 heavy (non-hydrogen) atoms. The average Bonchev–Trinajstić information content (AvgIpc) is 4.19. The average molecular weight is 915 g/mol. The number of fused-ring (bicyclic) bond motifs is 3. The molecule has 2 N–H and O–H groups in total. The number of alkyl halides is 3. The summed E-state index contributed by atoms with van der Waals surface area (Å²) in [5, 5.41) is 2.92. The van der Waals surface area contributed by atoms with Crippen molar-refractivity contribution in [2.24, 2.45) is 17.8 Å². The zero-order chi connectivity index (χ0) is 44.7. The highest BCUT2D eigenvalue weighted by Gasteiger charge is 2.62. The molecular formula is C44H50ClF3N6O8S. The Bertz CT molecular complexity index is 2400. The number of pyridine rings is 2. The fourth-order valence-electron chi connectivity index (χ4n) is 9.06. The van der Waals surface area contributed by atoms with E-state index in [0.717, 1.165) is 6.42 Å². The number of aromatic nitrogens is 2. The summed E-state index contributed by atoms with van der Waals surface area (Å²) in [6.45, 7) is -0.276. The van der Waals surface area contributed by atoms with Gasteiger partial charge in [-0.2, -0.15) is 13.2 Å². The van der Waals surface area contributed by atoms with E-state index >= 15 is 0 Å². The van der Waals surface area contributed by atoms with Crippen LogP contribution >= 0.6 is 11.6 Å². The van der Waals surface area contributed by atoms with Gasteiger partial charge in [0.2, 0.25) is 27.7 Å². The number of nitrogens with one attached hydrogen (secondary N) is 2. The summed E-state index contributed by atoms with van der Waals surface area (Å²) in [7, 11) is -2.49.